The first kappa shape index (κ1) is 16.1. The molecule has 1 aliphatic carbocycles. The molecule has 2 amide bonds. The number of anilines is 1. The molecule has 1 aromatic carbocycles. The van der Waals surface area contributed by atoms with Crippen LogP contribution in [-0.4, -0.2) is 24.5 Å². The first-order valence-corrected chi connectivity index (χ1v) is 7.94. The molecule has 0 atom stereocenters. The van der Waals surface area contributed by atoms with Crippen molar-refractivity contribution in [1.82, 2.24) is 5.32 Å². The molecule has 0 spiro atoms. The fourth-order valence-corrected chi connectivity index (χ4v) is 3.00. The first-order valence-electron chi connectivity index (χ1n) is 7.94. The lowest BCUT2D eigenvalue weighted by atomic mass is 9.95. The van der Waals surface area contributed by atoms with Crippen LogP contribution >= 0.6 is 0 Å². The van der Waals surface area contributed by atoms with Crippen LogP contribution in [0.1, 0.15) is 36.2 Å². The standard InChI is InChI=1S/C18H20N2O4/c1-23-14-8-6-13(7-9-14)19-17(22)18(10-2-3-11-18)20-16(21)15-5-4-12-24-15/h4-9,12H,2-3,10-11H2,1H3,(H,19,22)(H,20,21). The summed E-state index contributed by atoms with van der Waals surface area (Å²) in [5.74, 6) is 0.352. The third-order valence-electron chi connectivity index (χ3n) is 4.34. The van der Waals surface area contributed by atoms with Gasteiger partial charge >= 0.3 is 0 Å². The Balaban J connectivity index is 1.74. The molecule has 1 aliphatic rings. The lowest BCUT2D eigenvalue weighted by Gasteiger charge is -2.28. The van der Waals surface area contributed by atoms with Crippen molar-refractivity contribution in [3.63, 3.8) is 0 Å². The Morgan fingerprint density at radius 2 is 1.83 bits per heavy atom. The number of carbonyl (C=O) groups is 2. The van der Waals surface area contributed by atoms with Crippen LogP contribution in [0.25, 0.3) is 0 Å². The second-order valence-electron chi connectivity index (χ2n) is 5.90. The zero-order valence-corrected chi connectivity index (χ0v) is 13.5. The van der Waals surface area contributed by atoms with Crippen LogP contribution in [0.2, 0.25) is 0 Å². The summed E-state index contributed by atoms with van der Waals surface area (Å²) in [4.78, 5) is 25.1. The Morgan fingerprint density at radius 1 is 1.12 bits per heavy atom. The van der Waals surface area contributed by atoms with E-state index in [2.05, 4.69) is 10.6 Å². The monoisotopic (exact) mass is 328 g/mol. The molecule has 0 saturated heterocycles. The minimum Gasteiger partial charge on any atom is -0.497 e. The van der Waals surface area contributed by atoms with E-state index in [1.807, 2.05) is 0 Å². The van der Waals surface area contributed by atoms with Gasteiger partial charge in [-0.25, -0.2) is 0 Å². The van der Waals surface area contributed by atoms with E-state index < -0.39 is 5.54 Å². The number of methoxy groups -OCH3 is 1. The summed E-state index contributed by atoms with van der Waals surface area (Å²) < 4.78 is 10.2. The minimum atomic E-state index is -0.899. The van der Waals surface area contributed by atoms with Gasteiger partial charge in [0.2, 0.25) is 5.91 Å². The lowest BCUT2D eigenvalue weighted by molar-refractivity contribution is -0.122. The summed E-state index contributed by atoms with van der Waals surface area (Å²) in [6.45, 7) is 0. The summed E-state index contributed by atoms with van der Waals surface area (Å²) in [6, 6.07) is 10.3. The van der Waals surface area contributed by atoms with Crippen LogP contribution in [0.4, 0.5) is 5.69 Å². The Morgan fingerprint density at radius 3 is 2.42 bits per heavy atom. The molecule has 6 heteroatoms. The van der Waals surface area contributed by atoms with E-state index >= 15 is 0 Å². The number of nitrogens with one attached hydrogen (secondary N) is 2. The zero-order chi connectivity index (χ0) is 17.0. The smallest absolute Gasteiger partial charge is 0.287 e. The number of hydrogen-bond acceptors (Lipinski definition) is 4. The van der Waals surface area contributed by atoms with Crippen molar-refractivity contribution in [1.29, 1.82) is 0 Å². The highest BCUT2D eigenvalue weighted by Gasteiger charge is 2.43. The fourth-order valence-electron chi connectivity index (χ4n) is 3.00. The topological polar surface area (TPSA) is 80.6 Å². The average molecular weight is 328 g/mol. The molecule has 126 valence electrons. The maximum Gasteiger partial charge on any atom is 0.287 e. The molecule has 1 fully saturated rings. The van der Waals surface area contributed by atoms with Crippen molar-refractivity contribution < 1.29 is 18.7 Å². The van der Waals surface area contributed by atoms with Gasteiger partial charge < -0.3 is 19.8 Å². The average Bonchev–Trinajstić information content (AvgIpc) is 3.28. The Labute approximate surface area is 140 Å². The molecule has 0 unspecified atom stereocenters. The Kier molecular flexibility index (Phi) is 4.55. The molecule has 0 bridgehead atoms. The number of amides is 2. The number of rotatable bonds is 5. The number of carbonyl (C=O) groups excluding carboxylic acids is 2. The van der Waals surface area contributed by atoms with Gasteiger partial charge in [0, 0.05) is 5.69 Å². The van der Waals surface area contributed by atoms with E-state index in [4.69, 9.17) is 9.15 Å². The SMILES string of the molecule is COc1ccc(NC(=O)C2(NC(=O)c3ccco3)CCCC2)cc1. The summed E-state index contributed by atoms with van der Waals surface area (Å²) in [6.07, 6.45) is 4.46. The van der Waals surface area contributed by atoms with E-state index in [9.17, 15) is 9.59 Å². The van der Waals surface area contributed by atoms with Gasteiger partial charge in [-0.2, -0.15) is 0 Å². The highest BCUT2D eigenvalue weighted by Crippen LogP contribution is 2.31. The number of furan rings is 1. The van der Waals surface area contributed by atoms with Gasteiger partial charge in [-0.15, -0.1) is 0 Å². The molecular weight excluding hydrogens is 308 g/mol. The van der Waals surface area contributed by atoms with Gasteiger partial charge in [0.05, 0.1) is 13.4 Å². The third-order valence-corrected chi connectivity index (χ3v) is 4.34. The highest BCUT2D eigenvalue weighted by atomic mass is 16.5. The van der Waals surface area contributed by atoms with Crippen LogP contribution in [0, 0.1) is 0 Å². The molecule has 3 rings (SSSR count). The molecule has 6 nitrogen and oxygen atoms in total. The molecule has 0 radical (unpaired) electrons. The van der Waals surface area contributed by atoms with Crippen molar-refractivity contribution in [2.45, 2.75) is 31.2 Å². The maximum absolute atomic E-state index is 12.8. The van der Waals surface area contributed by atoms with Crippen molar-refractivity contribution >= 4 is 17.5 Å². The molecule has 2 aromatic rings. The molecule has 24 heavy (non-hydrogen) atoms. The van der Waals surface area contributed by atoms with Crippen molar-refractivity contribution in [3.05, 3.63) is 48.4 Å². The molecule has 1 aromatic heterocycles. The quantitative estimate of drug-likeness (QED) is 0.884. The summed E-state index contributed by atoms with van der Waals surface area (Å²) in [5.41, 5.74) is -0.233. The van der Waals surface area contributed by atoms with Crippen molar-refractivity contribution in [3.8, 4) is 5.75 Å². The summed E-state index contributed by atoms with van der Waals surface area (Å²) in [7, 11) is 1.59. The molecule has 1 heterocycles. The third kappa shape index (κ3) is 3.27. The molecular formula is C18H20N2O4. The maximum atomic E-state index is 12.8. The minimum absolute atomic E-state index is 0.204. The van der Waals surface area contributed by atoms with Crippen LogP contribution in [0.5, 0.6) is 5.75 Å². The lowest BCUT2D eigenvalue weighted by Crippen LogP contribution is -2.55. The Bertz CT molecular complexity index is 701. The van der Waals surface area contributed by atoms with Crippen LogP contribution in [0.15, 0.2) is 47.1 Å². The predicted octanol–water partition coefficient (Wildman–Crippen LogP) is 2.97. The predicted molar refractivity (Wildman–Crippen MR) is 89.0 cm³/mol. The van der Waals surface area contributed by atoms with E-state index in [0.717, 1.165) is 18.6 Å². The largest absolute Gasteiger partial charge is 0.497 e. The molecule has 2 N–H and O–H groups in total. The van der Waals surface area contributed by atoms with Gasteiger partial charge in [-0.1, -0.05) is 12.8 Å². The first-order chi connectivity index (χ1) is 11.6. The molecule has 1 saturated carbocycles. The van der Waals surface area contributed by atoms with Gasteiger partial charge in [0.25, 0.3) is 5.91 Å². The van der Waals surface area contributed by atoms with Gasteiger partial charge in [-0.05, 0) is 49.2 Å². The molecule has 0 aliphatic heterocycles. The summed E-state index contributed by atoms with van der Waals surface area (Å²) >= 11 is 0. The zero-order valence-electron chi connectivity index (χ0n) is 13.5. The van der Waals surface area contributed by atoms with Crippen LogP contribution < -0.4 is 15.4 Å². The van der Waals surface area contributed by atoms with Crippen molar-refractivity contribution in [2.24, 2.45) is 0 Å². The van der Waals surface area contributed by atoms with Gasteiger partial charge in [0.1, 0.15) is 11.3 Å². The summed E-state index contributed by atoms with van der Waals surface area (Å²) in [5, 5.41) is 5.75. The second kappa shape index (κ2) is 6.78. The van der Waals surface area contributed by atoms with Gasteiger partial charge in [-0.3, -0.25) is 9.59 Å². The van der Waals surface area contributed by atoms with Crippen molar-refractivity contribution in [2.75, 3.05) is 12.4 Å². The van der Waals surface area contributed by atoms with E-state index in [0.29, 0.717) is 18.5 Å². The number of ether oxygens (including phenoxy) is 1. The van der Waals surface area contributed by atoms with Gasteiger partial charge in [0.15, 0.2) is 5.76 Å². The highest BCUT2D eigenvalue weighted by molar-refractivity contribution is 6.03. The van der Waals surface area contributed by atoms with Crippen LogP contribution in [0.3, 0.4) is 0 Å². The fraction of sp³-hybridized carbons (Fsp3) is 0.333. The Hall–Kier alpha value is -2.76. The number of hydrogen-bond donors (Lipinski definition) is 2. The normalized spacial score (nSPS) is 15.7. The number of benzene rings is 1. The van der Waals surface area contributed by atoms with Crippen LogP contribution in [-0.2, 0) is 4.79 Å². The van der Waals surface area contributed by atoms with E-state index in [1.165, 1.54) is 6.26 Å². The van der Waals surface area contributed by atoms with E-state index in [1.54, 1.807) is 43.5 Å². The van der Waals surface area contributed by atoms with E-state index in [-0.39, 0.29) is 17.6 Å². The second-order valence-corrected chi connectivity index (χ2v) is 5.90.